The SMILES string of the molecule is CC1(C)c2ccccc2-c2c(-c3ccccc3N(c3ccc4c(c3)C(C)(c3ccccc3)c3ccccc3-4)c3ccccc3-c3ccc4ccccc4c3)cccc21. The Balaban J connectivity index is 1.19. The van der Waals surface area contributed by atoms with Crippen LogP contribution >= 0.6 is 0 Å². The van der Waals surface area contributed by atoms with E-state index in [0.29, 0.717) is 0 Å². The molecule has 11 rings (SSSR count). The zero-order chi connectivity index (χ0) is 39.0. The molecule has 0 saturated carbocycles. The highest BCUT2D eigenvalue weighted by atomic mass is 15.1. The van der Waals surface area contributed by atoms with E-state index >= 15 is 0 Å². The number of nitrogens with zero attached hydrogens (tertiary/aromatic N) is 1. The zero-order valence-corrected chi connectivity index (χ0v) is 33.1. The molecule has 276 valence electrons. The van der Waals surface area contributed by atoms with Gasteiger partial charge in [-0.25, -0.2) is 0 Å². The standard InChI is InChI=1S/C57H43N/c1-56(2)49-27-13-10-25-48(49)55-47(26-17-29-51(55)56)46-24-12-16-31-54(46)58(53-30-15-11-22-43(53)40-33-32-38-18-7-8-19-39(38)36-40)42-34-35-45-44-23-9-14-28-50(44)57(3,52(45)37-42)41-20-5-4-6-21-41/h4-37H,1-3H3. The Morgan fingerprint density at radius 2 is 0.914 bits per heavy atom. The maximum atomic E-state index is 2.53. The van der Waals surface area contributed by atoms with Crippen molar-refractivity contribution >= 4 is 27.8 Å². The molecule has 0 aliphatic heterocycles. The van der Waals surface area contributed by atoms with Gasteiger partial charge >= 0.3 is 0 Å². The molecule has 1 heteroatoms. The molecule has 0 bridgehead atoms. The van der Waals surface area contributed by atoms with Crippen LogP contribution < -0.4 is 4.90 Å². The van der Waals surface area contributed by atoms with Gasteiger partial charge in [-0.05, 0) is 109 Å². The highest BCUT2D eigenvalue weighted by Gasteiger charge is 2.41. The van der Waals surface area contributed by atoms with Gasteiger partial charge in [0.1, 0.15) is 0 Å². The molecule has 1 nitrogen and oxygen atoms in total. The molecule has 0 radical (unpaired) electrons. The highest BCUT2D eigenvalue weighted by Crippen LogP contribution is 2.56. The first-order valence-corrected chi connectivity index (χ1v) is 20.4. The van der Waals surface area contributed by atoms with Gasteiger partial charge < -0.3 is 4.90 Å². The van der Waals surface area contributed by atoms with E-state index in [1.165, 1.54) is 83.1 Å². The van der Waals surface area contributed by atoms with Crippen LogP contribution in [-0.4, -0.2) is 0 Å². The van der Waals surface area contributed by atoms with E-state index in [-0.39, 0.29) is 10.8 Å². The third-order valence-corrected chi connectivity index (χ3v) is 13.2. The molecule has 0 aromatic heterocycles. The van der Waals surface area contributed by atoms with Crippen LogP contribution in [0.1, 0.15) is 48.6 Å². The van der Waals surface area contributed by atoms with Gasteiger partial charge in [0.15, 0.2) is 0 Å². The van der Waals surface area contributed by atoms with E-state index in [0.717, 1.165) is 17.1 Å². The average Bonchev–Trinajstić information content (AvgIpc) is 3.68. The van der Waals surface area contributed by atoms with Crippen molar-refractivity contribution in [3.63, 3.8) is 0 Å². The Labute approximate surface area is 341 Å². The molecule has 0 N–H and O–H groups in total. The maximum Gasteiger partial charge on any atom is 0.0540 e. The first-order chi connectivity index (χ1) is 28.4. The lowest BCUT2D eigenvalue weighted by molar-refractivity contribution is 0.660. The highest BCUT2D eigenvalue weighted by molar-refractivity contribution is 6.01. The van der Waals surface area contributed by atoms with Crippen LogP contribution in [0, 0.1) is 0 Å². The van der Waals surface area contributed by atoms with E-state index < -0.39 is 0 Å². The number of anilines is 3. The first kappa shape index (κ1) is 34.3. The second-order valence-electron chi connectivity index (χ2n) is 16.6. The molecule has 0 saturated heterocycles. The number of rotatable bonds is 6. The molecular formula is C57H43N. The fourth-order valence-electron chi connectivity index (χ4n) is 10.3. The molecule has 0 amide bonds. The molecule has 1 unspecified atom stereocenters. The van der Waals surface area contributed by atoms with Crippen molar-refractivity contribution < 1.29 is 0 Å². The Hall–Kier alpha value is -6.96. The van der Waals surface area contributed by atoms with E-state index in [1.807, 2.05) is 0 Å². The van der Waals surface area contributed by atoms with Crippen molar-refractivity contribution in [3.8, 4) is 44.5 Å². The summed E-state index contributed by atoms with van der Waals surface area (Å²) in [6.45, 7) is 7.14. The summed E-state index contributed by atoms with van der Waals surface area (Å²) in [5, 5.41) is 2.47. The molecule has 0 fully saturated rings. The Kier molecular flexibility index (Phi) is 7.72. The van der Waals surface area contributed by atoms with Crippen LogP contribution in [0.3, 0.4) is 0 Å². The average molecular weight is 742 g/mol. The minimum Gasteiger partial charge on any atom is -0.309 e. The van der Waals surface area contributed by atoms with Gasteiger partial charge in [0.2, 0.25) is 0 Å². The Morgan fingerprint density at radius 1 is 0.345 bits per heavy atom. The predicted octanol–water partition coefficient (Wildman–Crippen LogP) is 15.3. The van der Waals surface area contributed by atoms with Crippen LogP contribution in [-0.2, 0) is 10.8 Å². The monoisotopic (exact) mass is 741 g/mol. The number of hydrogen-bond acceptors (Lipinski definition) is 1. The molecule has 58 heavy (non-hydrogen) atoms. The minimum atomic E-state index is -0.332. The lowest BCUT2D eigenvalue weighted by atomic mass is 9.74. The molecule has 9 aromatic carbocycles. The quantitative estimate of drug-likeness (QED) is 0.164. The van der Waals surface area contributed by atoms with Gasteiger partial charge in [0, 0.05) is 27.6 Å². The number of hydrogen-bond donors (Lipinski definition) is 0. The van der Waals surface area contributed by atoms with Gasteiger partial charge in [-0.1, -0.05) is 190 Å². The second kappa shape index (κ2) is 13.0. The molecule has 2 aliphatic carbocycles. The largest absolute Gasteiger partial charge is 0.309 e. The third-order valence-electron chi connectivity index (χ3n) is 13.2. The number of para-hydroxylation sites is 2. The van der Waals surface area contributed by atoms with Crippen molar-refractivity contribution in [2.45, 2.75) is 31.6 Å². The topological polar surface area (TPSA) is 3.24 Å². The van der Waals surface area contributed by atoms with Gasteiger partial charge in [-0.3, -0.25) is 0 Å². The van der Waals surface area contributed by atoms with Gasteiger partial charge in [0.05, 0.1) is 11.4 Å². The normalized spacial score (nSPS) is 15.7. The lowest BCUT2D eigenvalue weighted by Gasteiger charge is -2.33. The van der Waals surface area contributed by atoms with Gasteiger partial charge in [0.25, 0.3) is 0 Å². The molecule has 9 aromatic rings. The van der Waals surface area contributed by atoms with E-state index in [9.17, 15) is 0 Å². The number of benzene rings is 9. The molecule has 0 heterocycles. The smallest absolute Gasteiger partial charge is 0.0540 e. The molecule has 1 atom stereocenters. The minimum absolute atomic E-state index is 0.101. The summed E-state index contributed by atoms with van der Waals surface area (Å²) in [5.41, 5.74) is 19.8. The van der Waals surface area contributed by atoms with Gasteiger partial charge in [-0.2, -0.15) is 0 Å². The van der Waals surface area contributed by atoms with E-state index in [1.54, 1.807) is 0 Å². The van der Waals surface area contributed by atoms with E-state index in [2.05, 4.69) is 232 Å². The van der Waals surface area contributed by atoms with Crippen LogP contribution in [0.4, 0.5) is 17.1 Å². The van der Waals surface area contributed by atoms with Crippen molar-refractivity contribution in [2.75, 3.05) is 4.90 Å². The summed E-state index contributed by atoms with van der Waals surface area (Å²) >= 11 is 0. The van der Waals surface area contributed by atoms with Crippen LogP contribution in [0.25, 0.3) is 55.3 Å². The van der Waals surface area contributed by atoms with Gasteiger partial charge in [-0.15, -0.1) is 0 Å². The van der Waals surface area contributed by atoms with Crippen molar-refractivity contribution in [2.24, 2.45) is 0 Å². The first-order valence-electron chi connectivity index (χ1n) is 20.4. The predicted molar refractivity (Wildman–Crippen MR) is 245 cm³/mol. The Morgan fingerprint density at radius 3 is 1.71 bits per heavy atom. The summed E-state index contributed by atoms with van der Waals surface area (Å²) in [7, 11) is 0. The molecular weight excluding hydrogens is 699 g/mol. The fourth-order valence-corrected chi connectivity index (χ4v) is 10.3. The lowest BCUT2D eigenvalue weighted by Crippen LogP contribution is -2.23. The van der Waals surface area contributed by atoms with Crippen LogP contribution in [0.15, 0.2) is 206 Å². The van der Waals surface area contributed by atoms with Crippen LogP contribution in [0.5, 0.6) is 0 Å². The number of fused-ring (bicyclic) bond motifs is 7. The summed E-state index contributed by atoms with van der Waals surface area (Å²) in [5.74, 6) is 0. The third kappa shape index (κ3) is 5.03. The Bertz CT molecular complexity index is 3060. The summed E-state index contributed by atoms with van der Waals surface area (Å²) in [6, 6.07) is 76.6. The van der Waals surface area contributed by atoms with Crippen molar-refractivity contribution in [1.29, 1.82) is 0 Å². The zero-order valence-electron chi connectivity index (χ0n) is 33.1. The summed E-state index contributed by atoms with van der Waals surface area (Å²) in [4.78, 5) is 2.53. The molecule has 0 spiro atoms. The van der Waals surface area contributed by atoms with Crippen molar-refractivity contribution in [1.82, 2.24) is 0 Å². The van der Waals surface area contributed by atoms with E-state index in [4.69, 9.17) is 0 Å². The maximum absolute atomic E-state index is 2.53. The fraction of sp³-hybridized carbons (Fsp3) is 0.0877. The van der Waals surface area contributed by atoms with Crippen LogP contribution in [0.2, 0.25) is 0 Å². The van der Waals surface area contributed by atoms with Crippen molar-refractivity contribution in [3.05, 3.63) is 234 Å². The summed E-state index contributed by atoms with van der Waals surface area (Å²) in [6.07, 6.45) is 0. The molecule has 2 aliphatic rings. The summed E-state index contributed by atoms with van der Waals surface area (Å²) < 4.78 is 0. The second-order valence-corrected chi connectivity index (χ2v) is 16.6.